The van der Waals surface area contributed by atoms with Crippen molar-refractivity contribution in [3.63, 3.8) is 0 Å². The number of hydrogen-bond donors (Lipinski definition) is 1. The van der Waals surface area contributed by atoms with Gasteiger partial charge in [-0.15, -0.1) is 11.8 Å². The van der Waals surface area contributed by atoms with Crippen molar-refractivity contribution in [2.75, 3.05) is 26.0 Å². The van der Waals surface area contributed by atoms with Gasteiger partial charge >= 0.3 is 12.1 Å². The second kappa shape index (κ2) is 10.4. The lowest BCUT2D eigenvalue weighted by atomic mass is 10.00. The van der Waals surface area contributed by atoms with Gasteiger partial charge in [-0.05, 0) is 57.8 Å². The number of amides is 1. The van der Waals surface area contributed by atoms with E-state index in [9.17, 15) is 9.59 Å². The van der Waals surface area contributed by atoms with E-state index < -0.39 is 17.6 Å². The van der Waals surface area contributed by atoms with Gasteiger partial charge in [0.25, 0.3) is 0 Å². The minimum atomic E-state index is -0.900. The van der Waals surface area contributed by atoms with Crippen LogP contribution in [0.25, 0.3) is 0 Å². The summed E-state index contributed by atoms with van der Waals surface area (Å²) in [7, 11) is 1.72. The number of allylic oxidation sites excluding steroid dienone is 6. The predicted molar refractivity (Wildman–Crippen MR) is 126 cm³/mol. The van der Waals surface area contributed by atoms with E-state index >= 15 is 0 Å². The Labute approximate surface area is 193 Å². The standard InChI is InChI=1S/C23H31N3O5S/c1-23(2,3)31-22(29)26(4)10-5-11-30-17-8-7-16-12-15(13-17)6-9-18(24-16)20-25-19(14-32-20)21(27)28/h6-9,15,19H,5,10-14H2,1-4H3,(H,27,28)/t15?,19-/m1/s1. The molecule has 0 fully saturated rings. The molecule has 1 N–H and O–H groups in total. The molecule has 2 bridgehead atoms. The van der Waals surface area contributed by atoms with E-state index in [1.54, 1.807) is 11.9 Å². The first kappa shape index (κ1) is 24.1. The lowest BCUT2D eigenvalue weighted by molar-refractivity contribution is -0.137. The van der Waals surface area contributed by atoms with Gasteiger partial charge in [0.1, 0.15) is 10.6 Å². The largest absolute Gasteiger partial charge is 0.498 e. The Morgan fingerprint density at radius 1 is 1.28 bits per heavy atom. The maximum absolute atomic E-state index is 12.0. The molecule has 0 spiro atoms. The number of carbonyl (C=O) groups excluding carboxylic acids is 1. The normalized spacial score (nSPS) is 22.6. The number of rotatable bonds is 7. The van der Waals surface area contributed by atoms with Crippen LogP contribution in [-0.2, 0) is 14.3 Å². The summed E-state index contributed by atoms with van der Waals surface area (Å²) in [5.74, 6) is 0.693. The molecule has 9 heteroatoms. The summed E-state index contributed by atoms with van der Waals surface area (Å²) in [6, 6.07) is -0.695. The molecule has 1 unspecified atom stereocenters. The molecular weight excluding hydrogens is 430 g/mol. The minimum absolute atomic E-state index is 0.253. The lowest BCUT2D eigenvalue weighted by Gasteiger charge is -2.24. The molecule has 174 valence electrons. The minimum Gasteiger partial charge on any atom is -0.498 e. The maximum Gasteiger partial charge on any atom is 0.410 e. The fourth-order valence-electron chi connectivity index (χ4n) is 3.37. The van der Waals surface area contributed by atoms with Crippen molar-refractivity contribution in [2.45, 2.75) is 51.7 Å². The predicted octanol–water partition coefficient (Wildman–Crippen LogP) is 4.05. The quantitative estimate of drug-likeness (QED) is 0.574. The SMILES string of the molecule is CN(CCCOC1=CC=C2CC(C=CC(C3=N[C@@H](C(=O)O)CS3)=N2)C1)C(=O)OC(C)(C)C. The summed E-state index contributed by atoms with van der Waals surface area (Å²) < 4.78 is 11.3. The van der Waals surface area contributed by atoms with Gasteiger partial charge in [-0.25, -0.2) is 9.59 Å². The van der Waals surface area contributed by atoms with Crippen LogP contribution in [0.3, 0.4) is 0 Å². The Morgan fingerprint density at radius 2 is 2.06 bits per heavy atom. The van der Waals surface area contributed by atoms with Crippen LogP contribution in [0.4, 0.5) is 4.79 Å². The molecule has 32 heavy (non-hydrogen) atoms. The average Bonchev–Trinajstić information content (AvgIpc) is 3.02. The summed E-state index contributed by atoms with van der Waals surface area (Å²) in [5.41, 5.74) is 1.16. The zero-order chi connectivity index (χ0) is 23.3. The van der Waals surface area contributed by atoms with Crippen molar-refractivity contribution in [3.8, 4) is 0 Å². The Balaban J connectivity index is 1.53. The number of aliphatic imine (C=N–C) groups is 2. The van der Waals surface area contributed by atoms with Gasteiger partial charge in [0.2, 0.25) is 0 Å². The molecule has 2 heterocycles. The van der Waals surface area contributed by atoms with Crippen molar-refractivity contribution in [3.05, 3.63) is 35.8 Å². The highest BCUT2D eigenvalue weighted by Crippen LogP contribution is 2.30. The monoisotopic (exact) mass is 461 g/mol. The topological polar surface area (TPSA) is 101 Å². The van der Waals surface area contributed by atoms with Crippen molar-refractivity contribution in [2.24, 2.45) is 15.9 Å². The third-order valence-corrected chi connectivity index (χ3v) is 6.04. The van der Waals surface area contributed by atoms with Gasteiger partial charge in [-0.2, -0.15) is 0 Å². The van der Waals surface area contributed by atoms with E-state index in [0.29, 0.717) is 30.4 Å². The molecular formula is C23H31N3O5S. The van der Waals surface area contributed by atoms with Crippen LogP contribution < -0.4 is 0 Å². The highest BCUT2D eigenvalue weighted by atomic mass is 32.2. The van der Waals surface area contributed by atoms with E-state index in [-0.39, 0.29) is 12.0 Å². The molecule has 3 aliphatic rings. The number of carboxylic acid groups (broad SMARTS) is 1. The van der Waals surface area contributed by atoms with Gasteiger partial charge in [0.05, 0.1) is 18.1 Å². The van der Waals surface area contributed by atoms with E-state index in [1.165, 1.54) is 11.8 Å². The molecule has 8 nitrogen and oxygen atoms in total. The average molecular weight is 462 g/mol. The highest BCUT2D eigenvalue weighted by molar-refractivity contribution is 8.16. The Bertz CT molecular complexity index is 898. The smallest absolute Gasteiger partial charge is 0.410 e. The zero-order valence-electron chi connectivity index (χ0n) is 19.0. The van der Waals surface area contributed by atoms with Crippen LogP contribution >= 0.6 is 11.8 Å². The molecule has 2 aliphatic heterocycles. The third-order valence-electron chi connectivity index (χ3n) is 4.97. The van der Waals surface area contributed by atoms with Gasteiger partial charge in [-0.1, -0.05) is 6.08 Å². The van der Waals surface area contributed by atoms with Crippen LogP contribution in [0.1, 0.15) is 40.0 Å². The molecule has 0 saturated heterocycles. The summed E-state index contributed by atoms with van der Waals surface area (Å²) in [6.45, 7) is 6.61. The van der Waals surface area contributed by atoms with Crippen molar-refractivity contribution < 1.29 is 24.2 Å². The van der Waals surface area contributed by atoms with E-state index in [2.05, 4.69) is 11.1 Å². The summed E-state index contributed by atoms with van der Waals surface area (Å²) in [6.07, 6.45) is 9.90. The summed E-state index contributed by atoms with van der Waals surface area (Å²) >= 11 is 1.44. The number of carbonyl (C=O) groups is 2. The molecule has 0 saturated carbocycles. The number of thioether (sulfide) groups is 1. The molecule has 3 rings (SSSR count). The number of aliphatic carboxylic acids is 1. The van der Waals surface area contributed by atoms with Crippen LogP contribution in [0.2, 0.25) is 0 Å². The molecule has 0 aromatic rings. The van der Waals surface area contributed by atoms with E-state index in [4.69, 9.17) is 19.6 Å². The first-order valence-electron chi connectivity index (χ1n) is 10.8. The first-order valence-corrected chi connectivity index (χ1v) is 11.8. The number of hydrogen-bond acceptors (Lipinski definition) is 7. The second-order valence-electron chi connectivity index (χ2n) is 9.02. The molecule has 1 aliphatic carbocycles. The molecule has 2 atom stereocenters. The van der Waals surface area contributed by atoms with Crippen LogP contribution in [0.15, 0.2) is 45.7 Å². The maximum atomic E-state index is 12.0. The number of carboxylic acids is 1. The fraction of sp³-hybridized carbons (Fsp3) is 0.565. The van der Waals surface area contributed by atoms with Crippen molar-refractivity contribution in [1.29, 1.82) is 0 Å². The fourth-order valence-corrected chi connectivity index (χ4v) is 4.36. The number of nitrogens with zero attached hydrogens (tertiary/aromatic N) is 3. The first-order chi connectivity index (χ1) is 15.1. The summed E-state index contributed by atoms with van der Waals surface area (Å²) in [5, 5.41) is 9.85. The number of fused-ring (bicyclic) bond motifs is 2. The van der Waals surface area contributed by atoms with Crippen molar-refractivity contribution >= 4 is 34.6 Å². The highest BCUT2D eigenvalue weighted by Gasteiger charge is 2.28. The third kappa shape index (κ3) is 6.98. The van der Waals surface area contributed by atoms with Gasteiger partial charge in [0, 0.05) is 31.5 Å². The van der Waals surface area contributed by atoms with Crippen molar-refractivity contribution in [1.82, 2.24) is 4.90 Å². The second-order valence-corrected chi connectivity index (χ2v) is 10.0. The lowest BCUT2D eigenvalue weighted by Crippen LogP contribution is -2.35. The van der Waals surface area contributed by atoms with Crippen LogP contribution in [0, 0.1) is 5.92 Å². The molecule has 0 aromatic heterocycles. The Hall–Kier alpha value is -2.55. The van der Waals surface area contributed by atoms with Gasteiger partial charge < -0.3 is 19.5 Å². The van der Waals surface area contributed by atoms with Gasteiger partial charge in [-0.3, -0.25) is 9.98 Å². The molecule has 0 aromatic carbocycles. The molecule has 0 radical (unpaired) electrons. The zero-order valence-corrected chi connectivity index (χ0v) is 19.9. The van der Waals surface area contributed by atoms with Gasteiger partial charge in [0.15, 0.2) is 6.04 Å². The Morgan fingerprint density at radius 3 is 2.75 bits per heavy atom. The molecule has 1 amide bonds. The number of ether oxygens (including phenoxy) is 2. The Kier molecular flexibility index (Phi) is 7.82. The van der Waals surface area contributed by atoms with E-state index in [1.807, 2.05) is 39.0 Å². The van der Waals surface area contributed by atoms with E-state index in [0.717, 1.165) is 30.0 Å². The summed E-state index contributed by atoms with van der Waals surface area (Å²) in [4.78, 5) is 33.8. The van der Waals surface area contributed by atoms with Crippen LogP contribution in [0.5, 0.6) is 0 Å². The van der Waals surface area contributed by atoms with Crippen LogP contribution in [-0.4, -0.2) is 70.4 Å².